The Morgan fingerprint density at radius 2 is 1.61 bits per heavy atom. The second-order valence-electron chi connectivity index (χ2n) is 7.62. The Labute approximate surface area is 191 Å². The van der Waals surface area contributed by atoms with E-state index in [-0.39, 0.29) is 17.2 Å². The summed E-state index contributed by atoms with van der Waals surface area (Å²) >= 11 is 0. The van der Waals surface area contributed by atoms with Crippen molar-refractivity contribution in [2.24, 2.45) is 0 Å². The van der Waals surface area contributed by atoms with Crippen molar-refractivity contribution in [2.45, 2.75) is 13.8 Å². The van der Waals surface area contributed by atoms with Gasteiger partial charge in [-0.15, -0.1) is 0 Å². The lowest BCUT2D eigenvalue weighted by Crippen LogP contribution is -2.32. The molecule has 3 aromatic carbocycles. The molecule has 1 heterocycles. The molecule has 0 saturated heterocycles. The molecule has 0 saturated carbocycles. The highest BCUT2D eigenvalue weighted by Gasteiger charge is 2.40. The standard InChI is InChI=1S/C26H23N3O4/c1-16-9-14-22(33-3)21(15-16)28-24-23(18-10-12-19(13-11-18)27-17(2)30)25(31)29(26(24)32)20-7-5-4-6-8-20/h4-15,28H,1-3H3,(H,27,30). The molecule has 2 N–H and O–H groups in total. The van der Waals surface area contributed by atoms with Crippen molar-refractivity contribution in [3.63, 3.8) is 0 Å². The van der Waals surface area contributed by atoms with Gasteiger partial charge in [-0.1, -0.05) is 36.4 Å². The Morgan fingerprint density at radius 3 is 2.24 bits per heavy atom. The van der Waals surface area contributed by atoms with Crippen LogP contribution in [0.3, 0.4) is 0 Å². The first-order valence-electron chi connectivity index (χ1n) is 10.4. The highest BCUT2D eigenvalue weighted by Crippen LogP contribution is 2.36. The van der Waals surface area contributed by atoms with Gasteiger partial charge in [-0.3, -0.25) is 14.4 Å². The van der Waals surface area contributed by atoms with Crippen molar-refractivity contribution in [2.75, 3.05) is 22.6 Å². The van der Waals surface area contributed by atoms with Crippen molar-refractivity contribution < 1.29 is 19.1 Å². The van der Waals surface area contributed by atoms with Gasteiger partial charge in [0.1, 0.15) is 11.4 Å². The molecular weight excluding hydrogens is 418 g/mol. The number of methoxy groups -OCH3 is 1. The van der Waals surface area contributed by atoms with Crippen LogP contribution in [-0.2, 0) is 14.4 Å². The van der Waals surface area contributed by atoms with Crippen molar-refractivity contribution in [1.82, 2.24) is 0 Å². The quantitative estimate of drug-likeness (QED) is 0.555. The van der Waals surface area contributed by atoms with E-state index in [1.54, 1.807) is 61.7 Å². The van der Waals surface area contributed by atoms with Gasteiger partial charge in [0.05, 0.1) is 24.1 Å². The van der Waals surface area contributed by atoms with Gasteiger partial charge in [-0.2, -0.15) is 0 Å². The fourth-order valence-corrected chi connectivity index (χ4v) is 3.70. The summed E-state index contributed by atoms with van der Waals surface area (Å²) in [6.07, 6.45) is 0. The summed E-state index contributed by atoms with van der Waals surface area (Å²) in [6.45, 7) is 3.35. The Morgan fingerprint density at radius 1 is 0.909 bits per heavy atom. The first-order valence-corrected chi connectivity index (χ1v) is 10.4. The summed E-state index contributed by atoms with van der Waals surface area (Å²) in [5.74, 6) is -0.548. The number of nitrogens with zero attached hydrogens (tertiary/aromatic N) is 1. The third-order valence-corrected chi connectivity index (χ3v) is 5.21. The molecule has 1 aliphatic heterocycles. The molecule has 3 aromatic rings. The van der Waals surface area contributed by atoms with E-state index < -0.39 is 11.8 Å². The van der Waals surface area contributed by atoms with Gasteiger partial charge in [-0.25, -0.2) is 4.90 Å². The normalized spacial score (nSPS) is 13.4. The zero-order valence-corrected chi connectivity index (χ0v) is 18.5. The third kappa shape index (κ3) is 4.34. The zero-order valence-electron chi connectivity index (χ0n) is 18.5. The van der Waals surface area contributed by atoms with Crippen LogP contribution in [0.15, 0.2) is 78.5 Å². The smallest absolute Gasteiger partial charge is 0.282 e. The van der Waals surface area contributed by atoms with Gasteiger partial charge in [-0.05, 0) is 54.4 Å². The molecular formula is C26H23N3O4. The second-order valence-corrected chi connectivity index (χ2v) is 7.62. The van der Waals surface area contributed by atoms with Crippen LogP contribution in [0, 0.1) is 6.92 Å². The Balaban J connectivity index is 1.82. The fourth-order valence-electron chi connectivity index (χ4n) is 3.70. The van der Waals surface area contributed by atoms with Crippen molar-refractivity contribution in [3.05, 3.63) is 89.6 Å². The number of amides is 3. The zero-order chi connectivity index (χ0) is 23.5. The molecule has 0 fully saturated rings. The Bertz CT molecular complexity index is 1260. The van der Waals surface area contributed by atoms with E-state index in [1.807, 2.05) is 25.1 Å². The topological polar surface area (TPSA) is 87.7 Å². The molecule has 7 nitrogen and oxygen atoms in total. The van der Waals surface area contributed by atoms with E-state index in [1.165, 1.54) is 6.92 Å². The number of hydrogen-bond acceptors (Lipinski definition) is 5. The monoisotopic (exact) mass is 441 g/mol. The Hall–Kier alpha value is -4.39. The lowest BCUT2D eigenvalue weighted by atomic mass is 10.0. The average Bonchev–Trinajstić information content (AvgIpc) is 3.04. The SMILES string of the molecule is COc1ccc(C)cc1NC1=C(c2ccc(NC(C)=O)cc2)C(=O)N(c2ccccc2)C1=O. The first kappa shape index (κ1) is 21.8. The molecule has 0 bridgehead atoms. The summed E-state index contributed by atoms with van der Waals surface area (Å²) < 4.78 is 5.44. The molecule has 0 aliphatic carbocycles. The summed E-state index contributed by atoms with van der Waals surface area (Å²) in [5.41, 5.74) is 3.57. The number of carbonyl (C=O) groups is 3. The minimum atomic E-state index is -0.462. The Kier molecular flexibility index (Phi) is 5.95. The number of para-hydroxylation sites is 1. The van der Waals surface area contributed by atoms with Crippen LogP contribution >= 0.6 is 0 Å². The second kappa shape index (κ2) is 9.00. The van der Waals surface area contributed by atoms with Gasteiger partial charge in [0.15, 0.2) is 0 Å². The molecule has 3 amide bonds. The summed E-state index contributed by atoms with van der Waals surface area (Å²) in [4.78, 5) is 39.5. The van der Waals surface area contributed by atoms with Crippen molar-refractivity contribution in [3.8, 4) is 5.75 Å². The maximum Gasteiger partial charge on any atom is 0.282 e. The van der Waals surface area contributed by atoms with Gasteiger partial charge >= 0.3 is 0 Å². The maximum absolute atomic E-state index is 13.5. The fraction of sp³-hybridized carbons (Fsp3) is 0.115. The minimum absolute atomic E-state index is 0.153. The van der Waals surface area contributed by atoms with Crippen LogP contribution < -0.4 is 20.3 Å². The largest absolute Gasteiger partial charge is 0.495 e. The van der Waals surface area contributed by atoms with Crippen LogP contribution in [0.1, 0.15) is 18.1 Å². The molecule has 166 valence electrons. The van der Waals surface area contributed by atoms with Crippen LogP contribution in [0.2, 0.25) is 0 Å². The van der Waals surface area contributed by atoms with E-state index in [0.717, 1.165) is 10.5 Å². The lowest BCUT2D eigenvalue weighted by Gasteiger charge is -2.16. The predicted molar refractivity (Wildman–Crippen MR) is 128 cm³/mol. The summed E-state index contributed by atoms with van der Waals surface area (Å²) in [7, 11) is 1.55. The van der Waals surface area contributed by atoms with Crippen molar-refractivity contribution >= 4 is 40.4 Å². The van der Waals surface area contributed by atoms with Gasteiger partial charge in [0.25, 0.3) is 11.8 Å². The number of ether oxygens (including phenoxy) is 1. The lowest BCUT2D eigenvalue weighted by molar-refractivity contribution is -0.120. The highest BCUT2D eigenvalue weighted by atomic mass is 16.5. The first-order chi connectivity index (χ1) is 15.9. The number of anilines is 3. The predicted octanol–water partition coefficient (Wildman–Crippen LogP) is 4.36. The van der Waals surface area contributed by atoms with E-state index in [0.29, 0.717) is 28.4 Å². The van der Waals surface area contributed by atoms with Crippen LogP contribution in [0.25, 0.3) is 5.57 Å². The summed E-state index contributed by atoms with van der Waals surface area (Å²) in [5, 5.41) is 5.85. The van der Waals surface area contributed by atoms with E-state index in [2.05, 4.69) is 10.6 Å². The van der Waals surface area contributed by atoms with Gasteiger partial charge < -0.3 is 15.4 Å². The summed E-state index contributed by atoms with van der Waals surface area (Å²) in [6, 6.07) is 21.1. The molecule has 4 rings (SSSR count). The van der Waals surface area contributed by atoms with E-state index in [9.17, 15) is 14.4 Å². The molecule has 1 aliphatic rings. The number of aryl methyl sites for hydroxylation is 1. The highest BCUT2D eigenvalue weighted by molar-refractivity contribution is 6.46. The van der Waals surface area contributed by atoms with Crippen LogP contribution in [0.4, 0.5) is 17.1 Å². The van der Waals surface area contributed by atoms with E-state index in [4.69, 9.17) is 4.74 Å². The molecule has 0 atom stereocenters. The maximum atomic E-state index is 13.5. The van der Waals surface area contributed by atoms with Gasteiger partial charge in [0, 0.05) is 12.6 Å². The number of hydrogen-bond donors (Lipinski definition) is 2. The van der Waals surface area contributed by atoms with Crippen molar-refractivity contribution in [1.29, 1.82) is 0 Å². The average molecular weight is 441 g/mol. The van der Waals surface area contributed by atoms with Crippen LogP contribution in [0.5, 0.6) is 5.75 Å². The molecule has 0 unspecified atom stereocenters. The van der Waals surface area contributed by atoms with Crippen LogP contribution in [-0.4, -0.2) is 24.8 Å². The third-order valence-electron chi connectivity index (χ3n) is 5.21. The minimum Gasteiger partial charge on any atom is -0.495 e. The number of nitrogens with one attached hydrogen (secondary N) is 2. The molecule has 0 radical (unpaired) electrons. The number of imide groups is 1. The number of rotatable bonds is 6. The molecule has 0 aromatic heterocycles. The molecule has 0 spiro atoms. The molecule has 7 heteroatoms. The van der Waals surface area contributed by atoms with Gasteiger partial charge in [0.2, 0.25) is 5.91 Å². The van der Waals surface area contributed by atoms with E-state index >= 15 is 0 Å². The number of benzene rings is 3. The number of carbonyl (C=O) groups excluding carboxylic acids is 3. The molecule has 33 heavy (non-hydrogen) atoms.